The number of alkyl halides is 1. The highest BCUT2D eigenvalue weighted by Gasteiger charge is 2.10. The topological polar surface area (TPSA) is 49.3 Å². The number of carbonyl (C=O) groups is 1. The van der Waals surface area contributed by atoms with Gasteiger partial charge in [0.1, 0.15) is 5.38 Å². The largest absolute Gasteiger partial charge is 0.394 e. The number of nitrogens with one attached hydrogen (secondary N) is 1. The maximum Gasteiger partial charge on any atom is 0.238 e. The van der Waals surface area contributed by atoms with E-state index in [4.69, 9.17) is 16.7 Å². The van der Waals surface area contributed by atoms with Gasteiger partial charge in [0.25, 0.3) is 0 Å². The highest BCUT2D eigenvalue weighted by atomic mass is 35.5. The first-order valence-electron chi connectivity index (χ1n) is 3.13. The first-order valence-corrected chi connectivity index (χ1v) is 3.57. The number of aliphatic hydroxyl groups excluding tert-OH is 1. The van der Waals surface area contributed by atoms with Crippen molar-refractivity contribution in [2.45, 2.75) is 25.3 Å². The highest BCUT2D eigenvalue weighted by molar-refractivity contribution is 6.30. The lowest BCUT2D eigenvalue weighted by Crippen LogP contribution is -2.38. The van der Waals surface area contributed by atoms with Crippen LogP contribution in [0.1, 0.15) is 13.8 Å². The molecule has 2 N–H and O–H groups in total. The molecule has 2 atom stereocenters. The van der Waals surface area contributed by atoms with Crippen molar-refractivity contribution in [3.8, 4) is 0 Å². The van der Waals surface area contributed by atoms with Crippen molar-refractivity contribution < 1.29 is 9.90 Å². The summed E-state index contributed by atoms with van der Waals surface area (Å²) in [6.07, 6.45) is 0. The van der Waals surface area contributed by atoms with Crippen molar-refractivity contribution in [3.63, 3.8) is 0 Å². The quantitative estimate of drug-likeness (QED) is 0.584. The van der Waals surface area contributed by atoms with Gasteiger partial charge in [-0.1, -0.05) is 0 Å². The predicted molar refractivity (Wildman–Crippen MR) is 40.0 cm³/mol. The maximum atomic E-state index is 10.8. The average Bonchev–Trinajstić information content (AvgIpc) is 1.87. The molecule has 60 valence electrons. The number of halogens is 1. The van der Waals surface area contributed by atoms with Crippen molar-refractivity contribution in [3.05, 3.63) is 0 Å². The molecule has 0 aliphatic heterocycles. The molecule has 0 aromatic heterocycles. The number of carbonyl (C=O) groups excluding carboxylic acids is 1. The third kappa shape index (κ3) is 3.69. The first-order chi connectivity index (χ1) is 4.57. The summed E-state index contributed by atoms with van der Waals surface area (Å²) in [5.74, 6) is -0.247. The molecule has 4 heteroatoms. The molecule has 0 radical (unpaired) electrons. The molecule has 2 unspecified atom stereocenters. The van der Waals surface area contributed by atoms with E-state index in [1.807, 2.05) is 0 Å². The zero-order valence-electron chi connectivity index (χ0n) is 6.10. The van der Waals surface area contributed by atoms with E-state index < -0.39 is 5.38 Å². The van der Waals surface area contributed by atoms with Gasteiger partial charge in [0.05, 0.1) is 6.61 Å². The Morgan fingerprint density at radius 1 is 1.70 bits per heavy atom. The monoisotopic (exact) mass is 165 g/mol. The van der Waals surface area contributed by atoms with Gasteiger partial charge in [0.2, 0.25) is 5.91 Å². The van der Waals surface area contributed by atoms with Gasteiger partial charge in [0.15, 0.2) is 0 Å². The van der Waals surface area contributed by atoms with Crippen molar-refractivity contribution in [1.82, 2.24) is 5.32 Å². The van der Waals surface area contributed by atoms with E-state index in [9.17, 15) is 4.79 Å². The van der Waals surface area contributed by atoms with E-state index in [0.29, 0.717) is 0 Å². The fraction of sp³-hybridized carbons (Fsp3) is 0.833. The fourth-order valence-electron chi connectivity index (χ4n) is 0.403. The molecule has 0 heterocycles. The van der Waals surface area contributed by atoms with Crippen LogP contribution in [0.25, 0.3) is 0 Å². The van der Waals surface area contributed by atoms with E-state index in [2.05, 4.69) is 5.32 Å². The highest BCUT2D eigenvalue weighted by Crippen LogP contribution is 1.93. The molecule has 0 fully saturated rings. The molecule has 0 spiro atoms. The summed E-state index contributed by atoms with van der Waals surface area (Å²) in [6, 6.07) is -0.214. The summed E-state index contributed by atoms with van der Waals surface area (Å²) in [6.45, 7) is 3.23. The van der Waals surface area contributed by atoms with Crippen LogP contribution in [0.15, 0.2) is 0 Å². The van der Waals surface area contributed by atoms with Gasteiger partial charge in [0, 0.05) is 6.04 Å². The summed E-state index contributed by atoms with van der Waals surface area (Å²) in [7, 11) is 0. The Kier molecular flexibility index (Phi) is 4.40. The van der Waals surface area contributed by atoms with Gasteiger partial charge in [-0.15, -0.1) is 11.6 Å². The van der Waals surface area contributed by atoms with Crippen molar-refractivity contribution in [2.24, 2.45) is 0 Å². The summed E-state index contributed by atoms with van der Waals surface area (Å²) in [4.78, 5) is 10.8. The molecule has 10 heavy (non-hydrogen) atoms. The molecular formula is C6H12ClNO2. The molecule has 0 rings (SSSR count). The molecular weight excluding hydrogens is 154 g/mol. The Morgan fingerprint density at radius 3 is 2.50 bits per heavy atom. The normalized spacial score (nSPS) is 16.0. The minimum atomic E-state index is -0.533. The van der Waals surface area contributed by atoms with E-state index in [-0.39, 0.29) is 18.6 Å². The van der Waals surface area contributed by atoms with Crippen LogP contribution in [0.2, 0.25) is 0 Å². The third-order valence-corrected chi connectivity index (χ3v) is 1.22. The second kappa shape index (κ2) is 4.52. The minimum Gasteiger partial charge on any atom is -0.394 e. The minimum absolute atomic E-state index is 0.0602. The Labute approximate surface area is 65.4 Å². The Balaban J connectivity index is 3.57. The molecule has 3 nitrogen and oxygen atoms in total. The number of hydrogen-bond acceptors (Lipinski definition) is 2. The Hall–Kier alpha value is -0.280. The summed E-state index contributed by atoms with van der Waals surface area (Å²) >= 11 is 5.44. The van der Waals surface area contributed by atoms with E-state index >= 15 is 0 Å². The average molecular weight is 166 g/mol. The van der Waals surface area contributed by atoms with Gasteiger partial charge in [-0.05, 0) is 13.8 Å². The molecule has 0 saturated heterocycles. The maximum absolute atomic E-state index is 10.8. The van der Waals surface area contributed by atoms with Gasteiger partial charge >= 0.3 is 0 Å². The Bertz CT molecular complexity index is 116. The van der Waals surface area contributed by atoms with Crippen molar-refractivity contribution >= 4 is 17.5 Å². The zero-order chi connectivity index (χ0) is 8.15. The number of rotatable bonds is 3. The third-order valence-electron chi connectivity index (χ3n) is 1.02. The van der Waals surface area contributed by atoms with Crippen LogP contribution in [0.4, 0.5) is 0 Å². The fourth-order valence-corrected chi connectivity index (χ4v) is 0.466. The van der Waals surface area contributed by atoms with Crippen LogP contribution in [-0.4, -0.2) is 29.0 Å². The van der Waals surface area contributed by atoms with Crippen molar-refractivity contribution in [2.75, 3.05) is 6.61 Å². The van der Waals surface area contributed by atoms with Gasteiger partial charge < -0.3 is 10.4 Å². The molecule has 0 aliphatic carbocycles. The molecule has 0 aromatic rings. The van der Waals surface area contributed by atoms with Crippen LogP contribution in [0, 0.1) is 0 Å². The first kappa shape index (κ1) is 9.72. The van der Waals surface area contributed by atoms with Crippen LogP contribution < -0.4 is 5.32 Å². The SMILES string of the molecule is CC(CO)NC(=O)C(C)Cl. The lowest BCUT2D eigenvalue weighted by Gasteiger charge is -2.11. The molecule has 0 saturated carbocycles. The number of aliphatic hydroxyl groups is 1. The summed E-state index contributed by atoms with van der Waals surface area (Å²) < 4.78 is 0. The van der Waals surface area contributed by atoms with E-state index in [1.165, 1.54) is 0 Å². The van der Waals surface area contributed by atoms with Crippen LogP contribution in [0.3, 0.4) is 0 Å². The van der Waals surface area contributed by atoms with Crippen LogP contribution >= 0.6 is 11.6 Å². The van der Waals surface area contributed by atoms with E-state index in [1.54, 1.807) is 13.8 Å². The summed E-state index contributed by atoms with van der Waals surface area (Å²) in [5.41, 5.74) is 0. The van der Waals surface area contributed by atoms with Gasteiger partial charge in [-0.3, -0.25) is 4.79 Å². The van der Waals surface area contributed by atoms with Gasteiger partial charge in [-0.2, -0.15) is 0 Å². The summed E-state index contributed by atoms with van der Waals surface area (Å²) in [5, 5.41) is 10.5. The predicted octanol–water partition coefficient (Wildman–Crippen LogP) is 0.111. The smallest absolute Gasteiger partial charge is 0.238 e. The molecule has 0 bridgehead atoms. The van der Waals surface area contributed by atoms with Gasteiger partial charge in [-0.25, -0.2) is 0 Å². The number of amides is 1. The zero-order valence-corrected chi connectivity index (χ0v) is 6.85. The van der Waals surface area contributed by atoms with Crippen LogP contribution in [0.5, 0.6) is 0 Å². The number of hydrogen-bond donors (Lipinski definition) is 2. The molecule has 1 amide bonds. The standard InChI is InChI=1S/C6H12ClNO2/c1-4(3-9)8-6(10)5(2)7/h4-5,9H,3H2,1-2H3,(H,8,10). The van der Waals surface area contributed by atoms with E-state index in [0.717, 1.165) is 0 Å². The molecule has 0 aliphatic rings. The Morgan fingerprint density at radius 2 is 2.20 bits per heavy atom. The lowest BCUT2D eigenvalue weighted by molar-refractivity contribution is -0.121. The molecule has 0 aromatic carbocycles. The van der Waals surface area contributed by atoms with Crippen molar-refractivity contribution in [1.29, 1.82) is 0 Å². The lowest BCUT2D eigenvalue weighted by atomic mass is 10.3. The van der Waals surface area contributed by atoms with Crippen LogP contribution in [-0.2, 0) is 4.79 Å². The second-order valence-corrected chi connectivity index (χ2v) is 2.86. The second-order valence-electron chi connectivity index (χ2n) is 2.21.